The summed E-state index contributed by atoms with van der Waals surface area (Å²) in [5.41, 5.74) is 1.09. The standard InChI is InChI=1S/C13H20O6/c1-9-6-4-5-7-10(18-12(14)16-2)11(8-9)19-13(15)17-3/h6,10-11H,4-5,7-8H2,1-3H3. The van der Waals surface area contributed by atoms with E-state index in [0.29, 0.717) is 12.8 Å². The molecule has 0 saturated carbocycles. The SMILES string of the molecule is COC(=O)OC1CCCC=C(C)CC1OC(=O)OC. The first-order valence-corrected chi connectivity index (χ1v) is 6.21. The van der Waals surface area contributed by atoms with Gasteiger partial charge in [-0.25, -0.2) is 9.59 Å². The predicted molar refractivity (Wildman–Crippen MR) is 66.8 cm³/mol. The van der Waals surface area contributed by atoms with Crippen LogP contribution in [0.1, 0.15) is 32.6 Å². The maximum Gasteiger partial charge on any atom is 0.508 e. The Hall–Kier alpha value is -1.72. The molecule has 2 unspecified atom stereocenters. The van der Waals surface area contributed by atoms with Crippen molar-refractivity contribution in [2.75, 3.05) is 14.2 Å². The van der Waals surface area contributed by atoms with Gasteiger partial charge in [-0.1, -0.05) is 11.6 Å². The van der Waals surface area contributed by atoms with E-state index < -0.39 is 24.5 Å². The number of allylic oxidation sites excluding steroid dienone is 1. The van der Waals surface area contributed by atoms with E-state index in [1.807, 2.05) is 6.92 Å². The van der Waals surface area contributed by atoms with Crippen molar-refractivity contribution in [2.45, 2.75) is 44.8 Å². The van der Waals surface area contributed by atoms with Crippen molar-refractivity contribution in [1.29, 1.82) is 0 Å². The first kappa shape index (κ1) is 15.3. The lowest BCUT2D eigenvalue weighted by molar-refractivity contribution is -0.0519. The highest BCUT2D eigenvalue weighted by Gasteiger charge is 2.30. The van der Waals surface area contributed by atoms with E-state index in [4.69, 9.17) is 9.47 Å². The Balaban J connectivity index is 2.77. The van der Waals surface area contributed by atoms with Crippen molar-refractivity contribution in [3.05, 3.63) is 11.6 Å². The fraction of sp³-hybridized carbons (Fsp3) is 0.692. The van der Waals surface area contributed by atoms with Gasteiger partial charge in [0.05, 0.1) is 14.2 Å². The average molecular weight is 272 g/mol. The minimum absolute atomic E-state index is 0.511. The summed E-state index contributed by atoms with van der Waals surface area (Å²) in [5.74, 6) is 0. The van der Waals surface area contributed by atoms with E-state index in [0.717, 1.165) is 18.4 Å². The van der Waals surface area contributed by atoms with Gasteiger partial charge in [0.2, 0.25) is 0 Å². The summed E-state index contributed by atoms with van der Waals surface area (Å²) in [5, 5.41) is 0. The van der Waals surface area contributed by atoms with Gasteiger partial charge < -0.3 is 18.9 Å². The van der Waals surface area contributed by atoms with E-state index in [-0.39, 0.29) is 0 Å². The van der Waals surface area contributed by atoms with Gasteiger partial charge in [0, 0.05) is 6.42 Å². The molecule has 0 amide bonds. The van der Waals surface area contributed by atoms with Crippen LogP contribution in [0.2, 0.25) is 0 Å². The van der Waals surface area contributed by atoms with Gasteiger partial charge in [-0.2, -0.15) is 0 Å². The fourth-order valence-electron chi connectivity index (χ4n) is 1.98. The minimum Gasteiger partial charge on any atom is -0.438 e. The Morgan fingerprint density at radius 2 is 1.68 bits per heavy atom. The molecule has 6 nitrogen and oxygen atoms in total. The van der Waals surface area contributed by atoms with Crippen LogP contribution < -0.4 is 0 Å². The van der Waals surface area contributed by atoms with Crippen LogP contribution in [-0.2, 0) is 18.9 Å². The molecule has 0 radical (unpaired) electrons. The molecule has 0 aliphatic heterocycles. The highest BCUT2D eigenvalue weighted by atomic mass is 16.7. The molecule has 0 bridgehead atoms. The number of carbonyl (C=O) groups excluding carboxylic acids is 2. The van der Waals surface area contributed by atoms with Crippen LogP contribution in [0.4, 0.5) is 9.59 Å². The van der Waals surface area contributed by atoms with E-state index in [2.05, 4.69) is 15.5 Å². The monoisotopic (exact) mass is 272 g/mol. The molecule has 19 heavy (non-hydrogen) atoms. The Kier molecular flexibility index (Phi) is 6.18. The summed E-state index contributed by atoms with van der Waals surface area (Å²) < 4.78 is 19.3. The summed E-state index contributed by atoms with van der Waals surface area (Å²) in [7, 11) is 2.48. The quantitative estimate of drug-likeness (QED) is 0.568. The third kappa shape index (κ3) is 5.19. The Labute approximate surface area is 112 Å². The van der Waals surface area contributed by atoms with Crippen LogP contribution >= 0.6 is 0 Å². The van der Waals surface area contributed by atoms with Gasteiger partial charge in [-0.05, 0) is 26.2 Å². The van der Waals surface area contributed by atoms with Crippen LogP contribution in [-0.4, -0.2) is 38.7 Å². The number of ether oxygens (including phenoxy) is 4. The van der Waals surface area contributed by atoms with E-state index in [1.54, 1.807) is 0 Å². The lowest BCUT2D eigenvalue weighted by atomic mass is 9.96. The van der Waals surface area contributed by atoms with Crippen LogP contribution in [0.15, 0.2) is 11.6 Å². The molecule has 0 saturated heterocycles. The summed E-state index contributed by atoms with van der Waals surface area (Å²) in [6.07, 6.45) is 2.36. The highest BCUT2D eigenvalue weighted by molar-refractivity contribution is 5.61. The average Bonchev–Trinajstić information content (AvgIpc) is 2.39. The summed E-state index contributed by atoms with van der Waals surface area (Å²) in [6.45, 7) is 1.95. The van der Waals surface area contributed by atoms with Crippen molar-refractivity contribution >= 4 is 12.3 Å². The molecule has 1 aliphatic carbocycles. The first-order valence-electron chi connectivity index (χ1n) is 6.21. The Bertz CT molecular complexity index is 349. The van der Waals surface area contributed by atoms with Crippen molar-refractivity contribution in [3.8, 4) is 0 Å². The zero-order valence-electron chi connectivity index (χ0n) is 11.5. The second-order valence-electron chi connectivity index (χ2n) is 4.41. The van der Waals surface area contributed by atoms with E-state index in [9.17, 15) is 9.59 Å². The van der Waals surface area contributed by atoms with Gasteiger partial charge in [-0.15, -0.1) is 0 Å². The van der Waals surface area contributed by atoms with Crippen molar-refractivity contribution in [2.24, 2.45) is 0 Å². The molecule has 0 N–H and O–H groups in total. The van der Waals surface area contributed by atoms with Crippen molar-refractivity contribution in [3.63, 3.8) is 0 Å². The molecular weight excluding hydrogens is 252 g/mol. The maximum absolute atomic E-state index is 11.3. The molecule has 1 aliphatic rings. The lowest BCUT2D eigenvalue weighted by Crippen LogP contribution is -2.36. The number of hydrogen-bond acceptors (Lipinski definition) is 6. The predicted octanol–water partition coefficient (Wildman–Crippen LogP) is 2.81. The number of carbonyl (C=O) groups is 2. The minimum atomic E-state index is -0.781. The molecule has 0 fully saturated rings. The highest BCUT2D eigenvalue weighted by Crippen LogP contribution is 2.23. The zero-order valence-corrected chi connectivity index (χ0v) is 11.5. The molecule has 0 aromatic rings. The molecular formula is C13H20O6. The van der Waals surface area contributed by atoms with Crippen LogP contribution in [0.3, 0.4) is 0 Å². The van der Waals surface area contributed by atoms with Crippen LogP contribution in [0.25, 0.3) is 0 Å². The number of methoxy groups -OCH3 is 2. The molecule has 1 rings (SSSR count). The Morgan fingerprint density at radius 1 is 1.11 bits per heavy atom. The molecule has 2 atom stereocenters. The smallest absolute Gasteiger partial charge is 0.438 e. The molecule has 6 heteroatoms. The second kappa shape index (κ2) is 7.66. The fourth-order valence-corrected chi connectivity index (χ4v) is 1.98. The van der Waals surface area contributed by atoms with Crippen LogP contribution in [0.5, 0.6) is 0 Å². The maximum atomic E-state index is 11.3. The Morgan fingerprint density at radius 3 is 2.26 bits per heavy atom. The van der Waals surface area contributed by atoms with E-state index >= 15 is 0 Å². The summed E-state index contributed by atoms with van der Waals surface area (Å²) in [6, 6.07) is 0. The topological polar surface area (TPSA) is 71.1 Å². The second-order valence-corrected chi connectivity index (χ2v) is 4.41. The number of rotatable bonds is 2. The normalized spacial score (nSPS) is 23.4. The zero-order chi connectivity index (χ0) is 14.3. The lowest BCUT2D eigenvalue weighted by Gasteiger charge is -2.27. The van der Waals surface area contributed by atoms with E-state index in [1.165, 1.54) is 14.2 Å². The van der Waals surface area contributed by atoms with Crippen molar-refractivity contribution in [1.82, 2.24) is 0 Å². The summed E-state index contributed by atoms with van der Waals surface area (Å²) in [4.78, 5) is 22.5. The third-order valence-electron chi connectivity index (χ3n) is 2.95. The van der Waals surface area contributed by atoms with Gasteiger partial charge in [0.15, 0.2) is 0 Å². The molecule has 0 heterocycles. The largest absolute Gasteiger partial charge is 0.508 e. The number of hydrogen-bond donors (Lipinski definition) is 0. The molecule has 0 aromatic carbocycles. The molecule has 0 aromatic heterocycles. The summed E-state index contributed by atoms with van der Waals surface area (Å²) >= 11 is 0. The van der Waals surface area contributed by atoms with Gasteiger partial charge in [0.25, 0.3) is 0 Å². The molecule has 108 valence electrons. The first-order chi connectivity index (χ1) is 9.06. The van der Waals surface area contributed by atoms with Gasteiger partial charge >= 0.3 is 12.3 Å². The third-order valence-corrected chi connectivity index (χ3v) is 2.95. The molecule has 0 spiro atoms. The van der Waals surface area contributed by atoms with Gasteiger partial charge in [-0.3, -0.25) is 0 Å². The van der Waals surface area contributed by atoms with Gasteiger partial charge in [0.1, 0.15) is 12.2 Å². The van der Waals surface area contributed by atoms with Crippen molar-refractivity contribution < 1.29 is 28.5 Å². The van der Waals surface area contributed by atoms with Crippen LogP contribution in [0, 0.1) is 0 Å².